The van der Waals surface area contributed by atoms with E-state index in [0.29, 0.717) is 10.8 Å². The van der Waals surface area contributed by atoms with Gasteiger partial charge in [0.05, 0.1) is 5.36 Å². The zero-order chi connectivity index (χ0) is 12.3. The molecule has 0 unspecified atom stereocenters. The Bertz CT molecular complexity index is 587. The molecule has 1 heterocycles. The van der Waals surface area contributed by atoms with Crippen molar-refractivity contribution in [3.63, 3.8) is 0 Å². The molecular weight excluding hydrogens is 300 g/mol. The number of amides is 1. The number of para-hydroxylation sites is 1. The van der Waals surface area contributed by atoms with Crippen LogP contribution in [0.25, 0.3) is 11.1 Å². The average Bonchev–Trinajstić information content (AvgIpc) is 2.62. The van der Waals surface area contributed by atoms with Crippen LogP contribution in [0.2, 0.25) is 0 Å². The average molecular weight is 313 g/mol. The predicted octanol–water partition coefficient (Wildman–Crippen LogP) is -1.22. The van der Waals surface area contributed by atoms with Gasteiger partial charge in [0.25, 0.3) is 0 Å². The quantitative estimate of drug-likeness (QED) is 0.241. The van der Waals surface area contributed by atoms with Gasteiger partial charge in [-0.05, 0) is 12.6 Å². The van der Waals surface area contributed by atoms with E-state index in [-0.39, 0.29) is 23.0 Å². The van der Waals surface area contributed by atoms with Crippen molar-refractivity contribution >= 4 is 28.9 Å². The van der Waals surface area contributed by atoms with Crippen LogP contribution >= 0.6 is 0 Å². The van der Waals surface area contributed by atoms with Gasteiger partial charge in [0.1, 0.15) is 0 Å². The van der Waals surface area contributed by atoms with Crippen LogP contribution in [0.1, 0.15) is 6.92 Å². The summed E-state index contributed by atoms with van der Waals surface area (Å²) in [7, 11) is 0. The maximum atomic E-state index is 9.69. The van der Waals surface area contributed by atoms with Gasteiger partial charge in [-0.15, -0.1) is 0 Å². The molecule has 1 aliphatic heterocycles. The molecule has 1 amide bonds. The summed E-state index contributed by atoms with van der Waals surface area (Å²) in [6, 6.07) is 7.44. The van der Waals surface area contributed by atoms with Crippen molar-refractivity contribution in [1.29, 1.82) is 0 Å². The van der Waals surface area contributed by atoms with Crippen molar-refractivity contribution in [2.75, 3.05) is 6.54 Å². The van der Waals surface area contributed by atoms with Crippen molar-refractivity contribution < 1.29 is 21.9 Å². The summed E-state index contributed by atoms with van der Waals surface area (Å²) < 4.78 is 0. The third-order valence-electron chi connectivity index (χ3n) is 2.23. The molecular formula is C11H13CuN4OS+3. The molecule has 0 fully saturated rings. The molecule has 18 heavy (non-hydrogen) atoms. The molecule has 97 valence electrons. The normalized spacial score (nSPS) is 12.5. The molecule has 0 aromatic heterocycles. The minimum Gasteiger partial charge on any atom is -0.480 e. The first-order valence-electron chi connectivity index (χ1n) is 5.23. The Morgan fingerprint density at radius 2 is 2.17 bits per heavy atom. The van der Waals surface area contributed by atoms with Crippen LogP contribution in [-0.4, -0.2) is 22.4 Å². The van der Waals surface area contributed by atoms with Crippen molar-refractivity contribution in [1.82, 2.24) is 10.7 Å². The van der Waals surface area contributed by atoms with Crippen LogP contribution in [0, 0.1) is 0 Å². The molecule has 1 radical (unpaired) electrons. The predicted molar refractivity (Wildman–Crippen MR) is 71.5 cm³/mol. The number of benzene rings is 1. The fraction of sp³-hybridized carbons (Fsp3) is 0.182. The standard InChI is InChI=1S/C11H12N4OS.Cu/c1-2-12-11(17)15-14-9-7-5-3-4-6-8(7)13-10(9)16;/h3-6H,2H2,1H3,(H3,12,13,14,15,16,17);/q;+2/p+1. The van der Waals surface area contributed by atoms with E-state index < -0.39 is 0 Å². The summed E-state index contributed by atoms with van der Waals surface area (Å²) in [5, 5.41) is 4.93. The molecule has 1 aromatic rings. The zero-order valence-corrected chi connectivity index (χ0v) is 11.4. The Morgan fingerprint density at radius 3 is 2.89 bits per heavy atom. The van der Waals surface area contributed by atoms with Gasteiger partial charge in [0.2, 0.25) is 0 Å². The first-order valence-corrected chi connectivity index (χ1v) is 5.68. The molecule has 3 N–H and O–H groups in total. The molecule has 7 heteroatoms. The van der Waals surface area contributed by atoms with E-state index in [1.54, 1.807) is 0 Å². The fourth-order valence-corrected chi connectivity index (χ4v) is 1.70. The number of nitrogens with zero attached hydrogens (tertiary/aromatic N) is 2. The largest absolute Gasteiger partial charge is 2.00 e. The van der Waals surface area contributed by atoms with E-state index in [2.05, 4.69) is 33.4 Å². The third-order valence-corrected chi connectivity index (χ3v) is 2.49. The number of fused-ring (bicyclic) bond motifs is 1. The first kappa shape index (κ1) is 14.9. The molecule has 0 saturated carbocycles. The molecule has 5 nitrogen and oxygen atoms in total. The van der Waals surface area contributed by atoms with Gasteiger partial charge in [0, 0.05) is 5.22 Å². The Balaban J connectivity index is 0.00000162. The van der Waals surface area contributed by atoms with E-state index in [1.165, 1.54) is 0 Å². The maximum absolute atomic E-state index is 9.69. The monoisotopic (exact) mass is 312 g/mol. The van der Waals surface area contributed by atoms with Crippen molar-refractivity contribution in [2.24, 2.45) is 4.99 Å². The second kappa shape index (κ2) is 6.72. The van der Waals surface area contributed by atoms with Crippen LogP contribution < -0.4 is 21.3 Å². The minimum absolute atomic E-state index is 0. The van der Waals surface area contributed by atoms with Crippen LogP contribution in [0.5, 0.6) is 0 Å². The molecule has 0 saturated heterocycles. The van der Waals surface area contributed by atoms with E-state index in [4.69, 9.17) is 0 Å². The minimum atomic E-state index is -0.0624. The summed E-state index contributed by atoms with van der Waals surface area (Å²) in [4.78, 5) is 13.7. The van der Waals surface area contributed by atoms with Gasteiger partial charge in [0.15, 0.2) is 23.0 Å². The van der Waals surface area contributed by atoms with Gasteiger partial charge in [-0.1, -0.05) is 25.1 Å². The molecule has 0 spiro atoms. The van der Waals surface area contributed by atoms with Crippen molar-refractivity contribution in [3.8, 4) is 0 Å². The smallest absolute Gasteiger partial charge is 0.480 e. The Hall–Kier alpha value is -1.11. The number of hydrogen-bond acceptors (Lipinski definition) is 1. The first-order chi connectivity index (χ1) is 8.22. The summed E-state index contributed by atoms with van der Waals surface area (Å²) in [6.07, 6.45) is 0. The molecule has 0 atom stereocenters. The van der Waals surface area contributed by atoms with Gasteiger partial charge in [-0.2, -0.15) is 4.99 Å². The molecule has 0 aliphatic carbocycles. The molecule has 1 aromatic carbocycles. The number of carbonyl (C=O) groups excluding carboxylic acids is 1. The van der Waals surface area contributed by atoms with E-state index in [9.17, 15) is 4.79 Å². The van der Waals surface area contributed by atoms with E-state index in [0.717, 1.165) is 17.1 Å². The molecule has 1 aliphatic rings. The van der Waals surface area contributed by atoms with Gasteiger partial charge in [-0.3, -0.25) is 10.1 Å². The second-order valence-electron chi connectivity index (χ2n) is 3.41. The number of hydrogen-bond donors (Lipinski definition) is 2. The van der Waals surface area contributed by atoms with Crippen molar-refractivity contribution in [2.45, 2.75) is 6.92 Å². The Kier molecular flexibility index (Phi) is 5.58. The van der Waals surface area contributed by atoms with Crippen LogP contribution in [0.3, 0.4) is 0 Å². The third kappa shape index (κ3) is 3.22. The number of nitrogens with one attached hydrogen (secondary N) is 2. The number of rotatable bonds is 3. The summed E-state index contributed by atoms with van der Waals surface area (Å²) in [5.74, 6) is -0.0624. The second-order valence-corrected chi connectivity index (χ2v) is 3.83. The number of thiol groups is 1. The maximum Gasteiger partial charge on any atom is 2.00 e. The van der Waals surface area contributed by atoms with Gasteiger partial charge >= 0.3 is 23.0 Å². The fourth-order valence-electron chi connectivity index (χ4n) is 1.49. The van der Waals surface area contributed by atoms with Crippen LogP contribution in [-0.2, 0) is 29.3 Å². The van der Waals surface area contributed by atoms with E-state index in [1.807, 2.05) is 31.2 Å². The van der Waals surface area contributed by atoms with E-state index >= 15 is 0 Å². The summed E-state index contributed by atoms with van der Waals surface area (Å²) in [6.45, 7) is 2.68. The van der Waals surface area contributed by atoms with Gasteiger partial charge in [-0.25, -0.2) is 0 Å². The van der Waals surface area contributed by atoms with Crippen LogP contribution in [0.15, 0.2) is 29.3 Å². The molecule has 0 bridgehead atoms. The topological polar surface area (TPSA) is 71.9 Å². The summed E-state index contributed by atoms with van der Waals surface area (Å²) >= 11 is 4.12. The summed E-state index contributed by atoms with van der Waals surface area (Å²) in [5.41, 5.74) is 7.23. The van der Waals surface area contributed by atoms with Crippen LogP contribution in [0.4, 0.5) is 0 Å². The molecule has 2 rings (SSSR count). The SMILES string of the molecule is CCNC(=[SH+])[N-]NC1=c2ccccc2=NC1=[OH+].[Cu+2]. The zero-order valence-electron chi connectivity index (χ0n) is 9.61. The Morgan fingerprint density at radius 1 is 1.44 bits per heavy atom. The van der Waals surface area contributed by atoms with Gasteiger partial charge < -0.3 is 10.9 Å². The van der Waals surface area contributed by atoms with Crippen molar-refractivity contribution in [3.05, 3.63) is 40.3 Å². The Labute approximate surface area is 120 Å².